The molecule has 2 aromatic carbocycles. The number of ketones is 1. The van der Waals surface area contributed by atoms with Gasteiger partial charge in [-0.15, -0.1) is 0 Å². The van der Waals surface area contributed by atoms with E-state index in [1.165, 1.54) is 21.0 Å². The van der Waals surface area contributed by atoms with Gasteiger partial charge in [-0.05, 0) is 32.3 Å². The zero-order valence-corrected chi connectivity index (χ0v) is 14.9. The van der Waals surface area contributed by atoms with Crippen molar-refractivity contribution in [2.24, 2.45) is 0 Å². The molecule has 0 fully saturated rings. The van der Waals surface area contributed by atoms with E-state index in [0.29, 0.717) is 6.42 Å². The summed E-state index contributed by atoms with van der Waals surface area (Å²) in [7, 11) is 1.32. The number of aryl methyl sites for hydroxylation is 1. The molecule has 26 heavy (non-hydrogen) atoms. The fourth-order valence-electron chi connectivity index (χ4n) is 2.87. The first-order valence-corrected chi connectivity index (χ1v) is 8.14. The number of hydrogen-bond donors (Lipinski definition) is 1. The van der Waals surface area contributed by atoms with Crippen LogP contribution in [-0.4, -0.2) is 29.5 Å². The van der Waals surface area contributed by atoms with Gasteiger partial charge in [-0.1, -0.05) is 30.3 Å². The highest BCUT2D eigenvalue weighted by molar-refractivity contribution is 6.01. The lowest BCUT2D eigenvalue weighted by atomic mass is 10.0. The molecule has 0 saturated heterocycles. The van der Waals surface area contributed by atoms with E-state index in [2.05, 4.69) is 0 Å². The third-order valence-electron chi connectivity index (χ3n) is 4.04. The number of rotatable bonds is 8. The fourth-order valence-corrected chi connectivity index (χ4v) is 2.87. The van der Waals surface area contributed by atoms with Crippen LogP contribution in [0.25, 0.3) is 0 Å². The summed E-state index contributed by atoms with van der Waals surface area (Å²) in [5, 5.41) is 21.6. The molecule has 0 aromatic heterocycles. The van der Waals surface area contributed by atoms with Gasteiger partial charge < -0.3 is 14.6 Å². The number of phenolic OH excluding ortho intramolecular Hbond substituents is 1. The van der Waals surface area contributed by atoms with Crippen molar-refractivity contribution in [3.63, 3.8) is 0 Å². The number of nitrogens with zero attached hydrogens (tertiary/aromatic N) is 1. The molecule has 0 aliphatic carbocycles. The van der Waals surface area contributed by atoms with Crippen molar-refractivity contribution in [1.82, 2.24) is 0 Å². The van der Waals surface area contributed by atoms with Crippen molar-refractivity contribution in [1.29, 1.82) is 0 Å². The Morgan fingerprint density at radius 1 is 1.23 bits per heavy atom. The van der Waals surface area contributed by atoms with Crippen molar-refractivity contribution in [2.45, 2.75) is 26.7 Å². The average molecular weight is 359 g/mol. The minimum Gasteiger partial charge on any atom is -0.499 e. The van der Waals surface area contributed by atoms with Crippen molar-refractivity contribution in [3.8, 4) is 17.2 Å². The first kappa shape index (κ1) is 19.2. The second-order valence-corrected chi connectivity index (χ2v) is 5.81. The summed E-state index contributed by atoms with van der Waals surface area (Å²) in [6, 6.07) is 9.78. The smallest absolute Gasteiger partial charge is 0.318 e. The summed E-state index contributed by atoms with van der Waals surface area (Å²) in [4.78, 5) is 22.6. The Labute approximate surface area is 151 Å². The molecule has 0 spiro atoms. The summed E-state index contributed by atoms with van der Waals surface area (Å²) in [6.45, 7) is 2.89. The van der Waals surface area contributed by atoms with Crippen molar-refractivity contribution in [3.05, 3.63) is 57.1 Å². The monoisotopic (exact) mass is 359 g/mol. The quantitative estimate of drug-likeness (QED) is 0.333. The summed E-state index contributed by atoms with van der Waals surface area (Å²) in [6.07, 6.45) is 1.38. The molecule has 138 valence electrons. The number of carbonyl (C=O) groups is 1. The van der Waals surface area contributed by atoms with Crippen LogP contribution in [0.3, 0.4) is 0 Å². The highest BCUT2D eigenvalue weighted by Gasteiger charge is 2.32. The number of nitro groups is 1. The second-order valence-electron chi connectivity index (χ2n) is 5.81. The molecule has 0 unspecified atom stereocenters. The maximum atomic E-state index is 12.0. The first-order valence-electron chi connectivity index (χ1n) is 8.14. The Hall–Kier alpha value is -3.09. The van der Waals surface area contributed by atoms with Gasteiger partial charge in [-0.2, -0.15) is 0 Å². The molecule has 2 aromatic rings. The Morgan fingerprint density at radius 2 is 1.88 bits per heavy atom. The fraction of sp³-hybridized carbons (Fsp3) is 0.316. The SMILES string of the molecule is COc1c(OCCCc2ccccc2)c(O)c([N+](=O)[O-])c(C)c1C(C)=O. The topological polar surface area (TPSA) is 98.9 Å². The Bertz CT molecular complexity index is 817. The largest absolute Gasteiger partial charge is 0.499 e. The van der Waals surface area contributed by atoms with Crippen LogP contribution in [0.2, 0.25) is 0 Å². The number of hydrogen-bond acceptors (Lipinski definition) is 6. The molecule has 0 atom stereocenters. The van der Waals surface area contributed by atoms with Crippen molar-refractivity contribution in [2.75, 3.05) is 13.7 Å². The van der Waals surface area contributed by atoms with Crippen LogP contribution < -0.4 is 9.47 Å². The summed E-state index contributed by atoms with van der Waals surface area (Å²) in [5.74, 6) is -1.20. The van der Waals surface area contributed by atoms with Crippen molar-refractivity contribution < 1.29 is 24.3 Å². The van der Waals surface area contributed by atoms with Gasteiger partial charge in [0.25, 0.3) is 0 Å². The van der Waals surface area contributed by atoms with E-state index in [1.54, 1.807) is 0 Å². The first-order chi connectivity index (χ1) is 12.4. The Balaban J connectivity index is 2.31. The van der Waals surface area contributed by atoms with Crippen LogP contribution in [0.4, 0.5) is 5.69 Å². The van der Waals surface area contributed by atoms with E-state index >= 15 is 0 Å². The van der Waals surface area contributed by atoms with Crippen molar-refractivity contribution >= 4 is 11.5 Å². The third kappa shape index (κ3) is 3.93. The van der Waals surface area contributed by atoms with Crippen LogP contribution >= 0.6 is 0 Å². The van der Waals surface area contributed by atoms with Crippen LogP contribution in [0.15, 0.2) is 30.3 Å². The highest BCUT2D eigenvalue weighted by atomic mass is 16.6. The molecule has 0 aliphatic heterocycles. The van der Waals surface area contributed by atoms with Crippen LogP contribution in [0.1, 0.15) is 34.8 Å². The van der Waals surface area contributed by atoms with Crippen LogP contribution in [-0.2, 0) is 6.42 Å². The van der Waals surface area contributed by atoms with Gasteiger partial charge in [-0.25, -0.2) is 0 Å². The number of carbonyl (C=O) groups excluding carboxylic acids is 1. The zero-order valence-electron chi connectivity index (χ0n) is 14.9. The standard InChI is InChI=1S/C19H21NO6/c1-12-15(13(2)21)18(25-3)19(17(22)16(12)20(23)24)26-11-7-10-14-8-5-4-6-9-14/h4-6,8-9,22H,7,10-11H2,1-3H3. The molecule has 7 heteroatoms. The molecule has 0 bridgehead atoms. The number of ether oxygens (including phenoxy) is 2. The Kier molecular flexibility index (Phi) is 6.16. The number of benzene rings is 2. The van der Waals surface area contributed by atoms with Gasteiger partial charge in [0.15, 0.2) is 11.5 Å². The predicted molar refractivity (Wildman–Crippen MR) is 96.3 cm³/mol. The molecule has 0 aliphatic rings. The lowest BCUT2D eigenvalue weighted by Crippen LogP contribution is -2.09. The maximum absolute atomic E-state index is 12.0. The van der Waals surface area contributed by atoms with E-state index in [1.807, 2.05) is 30.3 Å². The molecular formula is C19H21NO6. The minimum absolute atomic E-state index is 0.0119. The lowest BCUT2D eigenvalue weighted by Gasteiger charge is -2.17. The van der Waals surface area contributed by atoms with Gasteiger partial charge in [0, 0.05) is 5.56 Å². The van der Waals surface area contributed by atoms with Crippen LogP contribution in [0, 0.1) is 17.0 Å². The molecule has 0 radical (unpaired) electrons. The van der Waals surface area contributed by atoms with Gasteiger partial charge >= 0.3 is 5.69 Å². The summed E-state index contributed by atoms with van der Waals surface area (Å²) < 4.78 is 10.8. The third-order valence-corrected chi connectivity index (χ3v) is 4.04. The van der Waals surface area contributed by atoms with Gasteiger partial charge in [0.1, 0.15) is 0 Å². The number of aromatic hydroxyl groups is 1. The van der Waals surface area contributed by atoms with Crippen LogP contribution in [0.5, 0.6) is 17.2 Å². The maximum Gasteiger partial charge on any atom is 0.318 e. The average Bonchev–Trinajstić information content (AvgIpc) is 2.59. The minimum atomic E-state index is -0.729. The van der Waals surface area contributed by atoms with E-state index < -0.39 is 22.1 Å². The normalized spacial score (nSPS) is 10.4. The van der Waals surface area contributed by atoms with Gasteiger partial charge in [-0.3, -0.25) is 14.9 Å². The molecule has 0 saturated carbocycles. The van der Waals surface area contributed by atoms with E-state index in [9.17, 15) is 20.0 Å². The molecular weight excluding hydrogens is 338 g/mol. The highest BCUT2D eigenvalue weighted by Crippen LogP contribution is 2.48. The zero-order chi connectivity index (χ0) is 19.3. The number of phenols is 1. The molecule has 0 amide bonds. The number of nitro benzene ring substituents is 1. The molecule has 7 nitrogen and oxygen atoms in total. The summed E-state index contributed by atoms with van der Waals surface area (Å²) in [5.41, 5.74) is 0.671. The van der Waals surface area contributed by atoms with E-state index in [-0.39, 0.29) is 29.2 Å². The van der Waals surface area contributed by atoms with E-state index in [4.69, 9.17) is 9.47 Å². The van der Waals surface area contributed by atoms with E-state index in [0.717, 1.165) is 12.0 Å². The van der Waals surface area contributed by atoms with Gasteiger partial charge in [0.2, 0.25) is 11.5 Å². The molecule has 2 rings (SSSR count). The number of Topliss-reactive ketones (excluding diaryl/α,β-unsaturated/α-hetero) is 1. The molecule has 1 N–H and O–H groups in total. The molecule has 0 heterocycles. The lowest BCUT2D eigenvalue weighted by molar-refractivity contribution is -0.386. The second kappa shape index (κ2) is 8.33. The number of methoxy groups -OCH3 is 1. The predicted octanol–water partition coefficient (Wildman–Crippen LogP) is 3.83. The Morgan fingerprint density at radius 3 is 2.42 bits per heavy atom. The summed E-state index contributed by atoms with van der Waals surface area (Å²) >= 11 is 0. The van der Waals surface area contributed by atoms with Gasteiger partial charge in [0.05, 0.1) is 24.2 Å².